The highest BCUT2D eigenvalue weighted by Gasteiger charge is 2.40. The number of ether oxygens (including phenoxy) is 2. The second-order valence-corrected chi connectivity index (χ2v) is 6.97. The monoisotopic (exact) mass is 367 g/mol. The van der Waals surface area contributed by atoms with Crippen molar-refractivity contribution in [1.82, 2.24) is 4.90 Å². The Morgan fingerprint density at radius 2 is 2.04 bits per heavy atom. The van der Waals surface area contributed by atoms with Gasteiger partial charge in [-0.1, -0.05) is 17.7 Å². The number of hydrogen-bond acceptors (Lipinski definition) is 4. The molecule has 1 aromatic rings. The molecular weight excluding hydrogens is 346 g/mol. The molecule has 2 aliphatic rings. The first kappa shape index (κ1) is 18.0. The molecule has 1 aromatic carbocycles. The summed E-state index contributed by atoms with van der Waals surface area (Å²) >= 11 is 5.89. The van der Waals surface area contributed by atoms with Gasteiger partial charge in [-0.2, -0.15) is 0 Å². The van der Waals surface area contributed by atoms with Gasteiger partial charge in [0.25, 0.3) is 5.91 Å². The van der Waals surface area contributed by atoms with Gasteiger partial charge in [0, 0.05) is 24.7 Å². The lowest BCUT2D eigenvalue weighted by atomic mass is 9.84. The quantitative estimate of drug-likeness (QED) is 0.865. The highest BCUT2D eigenvalue weighted by molar-refractivity contribution is 6.30. The van der Waals surface area contributed by atoms with Crippen LogP contribution in [0.15, 0.2) is 24.3 Å². The summed E-state index contributed by atoms with van der Waals surface area (Å²) in [7, 11) is 0. The number of likely N-dealkylation sites (tertiary alicyclic amines) is 1. The fourth-order valence-electron chi connectivity index (χ4n) is 3.61. The molecule has 1 amide bonds. The number of nitrogens with zero attached hydrogens (tertiary/aromatic N) is 1. The molecule has 3 rings (SSSR count). The Kier molecular flexibility index (Phi) is 5.81. The van der Waals surface area contributed by atoms with Crippen LogP contribution in [0.25, 0.3) is 0 Å². The van der Waals surface area contributed by atoms with Crippen LogP contribution < -0.4 is 4.74 Å². The van der Waals surface area contributed by atoms with Crippen LogP contribution in [0.1, 0.15) is 19.3 Å². The number of hydrogen-bond donors (Lipinski definition) is 1. The van der Waals surface area contributed by atoms with E-state index in [1.54, 1.807) is 29.2 Å². The van der Waals surface area contributed by atoms with E-state index in [0.717, 1.165) is 12.8 Å². The third-order valence-corrected chi connectivity index (χ3v) is 5.20. The lowest BCUT2D eigenvalue weighted by molar-refractivity contribution is -0.146. The summed E-state index contributed by atoms with van der Waals surface area (Å²) < 4.78 is 11.2. The van der Waals surface area contributed by atoms with Gasteiger partial charge in [0.2, 0.25) is 0 Å². The molecule has 1 N–H and O–H groups in total. The van der Waals surface area contributed by atoms with Crippen molar-refractivity contribution in [3.05, 3.63) is 29.3 Å². The van der Waals surface area contributed by atoms with Crippen LogP contribution in [0, 0.1) is 11.8 Å². The molecule has 25 heavy (non-hydrogen) atoms. The molecule has 136 valence electrons. The van der Waals surface area contributed by atoms with E-state index in [9.17, 15) is 14.7 Å². The van der Waals surface area contributed by atoms with Crippen molar-refractivity contribution in [2.45, 2.75) is 25.4 Å². The summed E-state index contributed by atoms with van der Waals surface area (Å²) in [6.45, 7) is 1.69. The number of piperidine rings is 1. The Morgan fingerprint density at radius 3 is 2.72 bits per heavy atom. The zero-order chi connectivity index (χ0) is 17.8. The minimum atomic E-state index is -0.782. The van der Waals surface area contributed by atoms with Gasteiger partial charge in [0.05, 0.1) is 12.0 Å². The first-order valence-electron chi connectivity index (χ1n) is 8.55. The number of rotatable bonds is 5. The van der Waals surface area contributed by atoms with E-state index >= 15 is 0 Å². The van der Waals surface area contributed by atoms with E-state index in [1.165, 1.54) is 0 Å². The number of carbonyl (C=O) groups is 2. The molecule has 0 saturated carbocycles. The summed E-state index contributed by atoms with van der Waals surface area (Å²) in [6, 6.07) is 6.95. The second-order valence-electron chi connectivity index (χ2n) is 6.53. The number of carboxylic acids is 1. The number of benzene rings is 1. The van der Waals surface area contributed by atoms with E-state index < -0.39 is 11.9 Å². The summed E-state index contributed by atoms with van der Waals surface area (Å²) in [5.41, 5.74) is 0. The van der Waals surface area contributed by atoms with Gasteiger partial charge in [-0.25, -0.2) is 0 Å². The number of aliphatic carboxylic acids is 1. The first-order chi connectivity index (χ1) is 12.0. The van der Waals surface area contributed by atoms with Crippen LogP contribution in [0.5, 0.6) is 5.75 Å². The van der Waals surface area contributed by atoms with Gasteiger partial charge >= 0.3 is 5.97 Å². The molecule has 0 bridgehead atoms. The molecule has 2 saturated heterocycles. The van der Waals surface area contributed by atoms with Crippen molar-refractivity contribution in [3.8, 4) is 5.75 Å². The van der Waals surface area contributed by atoms with E-state index in [2.05, 4.69) is 0 Å². The molecule has 2 heterocycles. The summed E-state index contributed by atoms with van der Waals surface area (Å²) in [5, 5.41) is 9.85. The van der Waals surface area contributed by atoms with Crippen LogP contribution in [0.2, 0.25) is 5.02 Å². The fourth-order valence-corrected chi connectivity index (χ4v) is 3.79. The molecular formula is C18H22ClNO5. The molecule has 7 heteroatoms. The maximum atomic E-state index is 12.3. The minimum absolute atomic E-state index is 0.0251. The fraction of sp³-hybridized carbons (Fsp3) is 0.556. The highest BCUT2D eigenvalue weighted by Crippen LogP contribution is 2.33. The Hall–Kier alpha value is -1.79. The smallest absolute Gasteiger partial charge is 0.309 e. The lowest BCUT2D eigenvalue weighted by Crippen LogP contribution is -2.44. The average Bonchev–Trinajstić information content (AvgIpc) is 3.10. The van der Waals surface area contributed by atoms with Crippen LogP contribution >= 0.6 is 11.6 Å². The van der Waals surface area contributed by atoms with Crippen molar-refractivity contribution >= 4 is 23.5 Å². The van der Waals surface area contributed by atoms with Gasteiger partial charge in [0.15, 0.2) is 6.61 Å². The highest BCUT2D eigenvalue weighted by atomic mass is 35.5. The third kappa shape index (κ3) is 4.44. The lowest BCUT2D eigenvalue weighted by Gasteiger charge is -2.35. The molecule has 0 aliphatic carbocycles. The van der Waals surface area contributed by atoms with Gasteiger partial charge in [-0.3, -0.25) is 9.59 Å². The van der Waals surface area contributed by atoms with Crippen molar-refractivity contribution in [3.63, 3.8) is 0 Å². The summed E-state index contributed by atoms with van der Waals surface area (Å²) in [6.07, 6.45) is 1.87. The summed E-state index contributed by atoms with van der Waals surface area (Å²) in [4.78, 5) is 25.4. The molecule has 1 unspecified atom stereocenters. The topological polar surface area (TPSA) is 76.1 Å². The van der Waals surface area contributed by atoms with E-state index in [-0.39, 0.29) is 24.5 Å². The Labute approximate surface area is 151 Å². The zero-order valence-electron chi connectivity index (χ0n) is 13.9. The van der Waals surface area contributed by atoms with Crippen molar-refractivity contribution in [2.24, 2.45) is 11.8 Å². The van der Waals surface area contributed by atoms with Gasteiger partial charge in [0.1, 0.15) is 5.75 Å². The predicted molar refractivity (Wildman–Crippen MR) is 91.7 cm³/mol. The molecule has 0 spiro atoms. The number of carbonyl (C=O) groups excluding carboxylic acids is 1. The van der Waals surface area contributed by atoms with E-state index in [4.69, 9.17) is 21.1 Å². The normalized spacial score (nSPS) is 24.3. The maximum absolute atomic E-state index is 12.3. The molecule has 2 fully saturated rings. The first-order valence-corrected chi connectivity index (χ1v) is 8.93. The SMILES string of the molecule is O=C(O)C1CCO[C@H]1C1CCN(C(=O)COc2cccc(Cl)c2)CC1. The van der Waals surface area contributed by atoms with Crippen molar-refractivity contribution in [2.75, 3.05) is 26.3 Å². The number of carboxylic acid groups (broad SMARTS) is 1. The standard InChI is InChI=1S/C18H22ClNO5/c19-13-2-1-3-14(10-13)25-11-16(21)20-7-4-12(5-8-20)17-15(18(22)23)6-9-24-17/h1-3,10,12,15,17H,4-9,11H2,(H,22,23)/t15?,17-/m0/s1. The van der Waals surface area contributed by atoms with E-state index in [0.29, 0.717) is 36.9 Å². The van der Waals surface area contributed by atoms with Crippen LogP contribution in [0.3, 0.4) is 0 Å². The zero-order valence-corrected chi connectivity index (χ0v) is 14.7. The molecule has 2 aliphatic heterocycles. The average molecular weight is 368 g/mol. The molecule has 0 radical (unpaired) electrons. The predicted octanol–water partition coefficient (Wildman–Crippen LogP) is 2.45. The van der Waals surface area contributed by atoms with Crippen LogP contribution in [0.4, 0.5) is 0 Å². The van der Waals surface area contributed by atoms with Crippen LogP contribution in [-0.2, 0) is 14.3 Å². The Morgan fingerprint density at radius 1 is 1.28 bits per heavy atom. The molecule has 6 nitrogen and oxygen atoms in total. The van der Waals surface area contributed by atoms with Crippen LogP contribution in [-0.4, -0.2) is 54.3 Å². The second kappa shape index (κ2) is 8.06. The largest absolute Gasteiger partial charge is 0.484 e. The Bertz CT molecular complexity index is 630. The van der Waals surface area contributed by atoms with Gasteiger partial charge in [-0.05, 0) is 43.4 Å². The van der Waals surface area contributed by atoms with Gasteiger partial charge < -0.3 is 19.5 Å². The number of amides is 1. The summed E-state index contributed by atoms with van der Waals surface area (Å²) in [5.74, 6) is -0.504. The Balaban J connectivity index is 1.47. The van der Waals surface area contributed by atoms with Crippen molar-refractivity contribution in [1.29, 1.82) is 0 Å². The minimum Gasteiger partial charge on any atom is -0.484 e. The molecule has 2 atom stereocenters. The number of halogens is 1. The molecule has 0 aromatic heterocycles. The third-order valence-electron chi connectivity index (χ3n) is 4.97. The maximum Gasteiger partial charge on any atom is 0.309 e. The van der Waals surface area contributed by atoms with E-state index in [1.807, 2.05) is 0 Å². The van der Waals surface area contributed by atoms with Gasteiger partial charge in [-0.15, -0.1) is 0 Å². The van der Waals surface area contributed by atoms with Crippen molar-refractivity contribution < 1.29 is 24.2 Å².